The molecule has 1 atom stereocenters. The maximum atomic E-state index is 13.1. The maximum Gasteiger partial charge on any atom is 0.490 e. The molecule has 1 aromatic carbocycles. The second kappa shape index (κ2) is 12.6. The lowest BCUT2D eigenvalue weighted by Gasteiger charge is -2.29. The van der Waals surface area contributed by atoms with Crippen LogP contribution in [0.1, 0.15) is 28.8 Å². The molecule has 1 amide bonds. The van der Waals surface area contributed by atoms with Crippen molar-refractivity contribution in [3.05, 3.63) is 47.8 Å². The third kappa shape index (κ3) is 7.16. The van der Waals surface area contributed by atoms with Crippen molar-refractivity contribution in [2.24, 2.45) is 0 Å². The number of aliphatic carboxylic acids is 1. The van der Waals surface area contributed by atoms with E-state index in [2.05, 4.69) is 37.0 Å². The van der Waals surface area contributed by atoms with Crippen LogP contribution in [-0.4, -0.2) is 83.2 Å². The summed E-state index contributed by atoms with van der Waals surface area (Å²) in [5, 5.41) is 30.7. The summed E-state index contributed by atoms with van der Waals surface area (Å²) in [5.41, 5.74) is 2.62. The Bertz CT molecular complexity index is 1390. The van der Waals surface area contributed by atoms with Gasteiger partial charge >= 0.3 is 12.1 Å². The fraction of sp³-hybridized carbons (Fsp3) is 0.400. The first-order valence-corrected chi connectivity index (χ1v) is 12.5. The minimum absolute atomic E-state index is 0.303. The van der Waals surface area contributed by atoms with Gasteiger partial charge in [0.05, 0.1) is 30.7 Å². The molecule has 0 unspecified atom stereocenters. The van der Waals surface area contributed by atoms with Crippen molar-refractivity contribution in [3.63, 3.8) is 0 Å². The summed E-state index contributed by atoms with van der Waals surface area (Å²) in [4.78, 5) is 28.8. The van der Waals surface area contributed by atoms with Gasteiger partial charge in [0, 0.05) is 37.6 Å². The van der Waals surface area contributed by atoms with Gasteiger partial charge in [-0.05, 0) is 43.7 Å². The topological polar surface area (TPSA) is 157 Å². The summed E-state index contributed by atoms with van der Waals surface area (Å²) >= 11 is 0. The van der Waals surface area contributed by atoms with Crippen LogP contribution in [0.15, 0.2) is 36.7 Å². The van der Waals surface area contributed by atoms with E-state index in [1.54, 1.807) is 22.8 Å². The zero-order valence-corrected chi connectivity index (χ0v) is 21.2. The first kappa shape index (κ1) is 28.6. The number of hydrogen-bond acceptors (Lipinski definition) is 9. The largest absolute Gasteiger partial charge is 0.490 e. The van der Waals surface area contributed by atoms with Crippen LogP contribution < -0.4 is 20.9 Å². The number of anilines is 3. The smallest absolute Gasteiger partial charge is 0.475 e. The number of aromatic nitrogens is 3. The van der Waals surface area contributed by atoms with Crippen LogP contribution in [0.5, 0.6) is 0 Å². The third-order valence-electron chi connectivity index (χ3n) is 6.25. The van der Waals surface area contributed by atoms with Gasteiger partial charge in [-0.1, -0.05) is 0 Å². The molecule has 0 spiro atoms. The molecule has 2 saturated heterocycles. The molecule has 0 aliphatic carbocycles. The number of halogens is 3. The minimum atomic E-state index is -5.08. The number of ether oxygens (including phenoxy) is 1. The van der Waals surface area contributed by atoms with Crippen molar-refractivity contribution < 1.29 is 32.6 Å². The zero-order valence-electron chi connectivity index (χ0n) is 21.2. The molecule has 15 heteroatoms. The average molecular weight is 561 g/mol. The van der Waals surface area contributed by atoms with Crippen molar-refractivity contribution in [1.82, 2.24) is 19.9 Å². The number of alkyl halides is 3. The van der Waals surface area contributed by atoms with Crippen LogP contribution in [0, 0.1) is 11.3 Å². The molecule has 5 rings (SSSR count). The molecule has 3 aromatic rings. The number of benzene rings is 1. The SMILES string of the molecule is N#Cc1cc(N2CCOCC2)ccc1NC(=O)c1cnn2ccc(N[C@@H]3CCCNC3)nc12.O=C(O)C(F)(F)F. The highest BCUT2D eigenvalue weighted by Crippen LogP contribution is 2.25. The quantitative estimate of drug-likeness (QED) is 0.366. The molecule has 40 heavy (non-hydrogen) atoms. The molecule has 4 N–H and O–H groups in total. The molecule has 2 aromatic heterocycles. The fourth-order valence-electron chi connectivity index (χ4n) is 4.24. The summed E-state index contributed by atoms with van der Waals surface area (Å²) < 4.78 is 38.7. The van der Waals surface area contributed by atoms with Gasteiger partial charge in [-0.25, -0.2) is 14.3 Å². The van der Waals surface area contributed by atoms with Gasteiger partial charge in [-0.2, -0.15) is 23.5 Å². The number of rotatable bonds is 5. The van der Waals surface area contributed by atoms with Crippen LogP contribution in [-0.2, 0) is 9.53 Å². The monoisotopic (exact) mass is 560 g/mol. The number of nitriles is 1. The van der Waals surface area contributed by atoms with Gasteiger partial charge in [0.1, 0.15) is 17.5 Å². The predicted octanol–water partition coefficient (Wildman–Crippen LogP) is 2.49. The van der Waals surface area contributed by atoms with Crippen LogP contribution in [0.25, 0.3) is 5.65 Å². The van der Waals surface area contributed by atoms with E-state index in [4.69, 9.17) is 14.6 Å². The molecule has 2 aliphatic heterocycles. The number of piperidine rings is 1. The second-order valence-corrected chi connectivity index (χ2v) is 9.02. The van der Waals surface area contributed by atoms with E-state index in [1.165, 1.54) is 6.20 Å². The first-order valence-electron chi connectivity index (χ1n) is 12.5. The summed E-state index contributed by atoms with van der Waals surface area (Å²) in [6.07, 6.45) is 0.392. The van der Waals surface area contributed by atoms with E-state index in [1.807, 2.05) is 12.1 Å². The van der Waals surface area contributed by atoms with Crippen LogP contribution in [0.4, 0.5) is 30.4 Å². The first-order chi connectivity index (χ1) is 19.2. The fourth-order valence-corrected chi connectivity index (χ4v) is 4.24. The van der Waals surface area contributed by atoms with Gasteiger partial charge in [0.15, 0.2) is 5.65 Å². The number of nitrogens with zero attached hydrogens (tertiary/aromatic N) is 5. The number of hydrogen-bond donors (Lipinski definition) is 4. The summed E-state index contributed by atoms with van der Waals surface area (Å²) in [6, 6.07) is 9.83. The summed E-state index contributed by atoms with van der Waals surface area (Å²) in [5.74, 6) is -2.41. The lowest BCUT2D eigenvalue weighted by molar-refractivity contribution is -0.192. The van der Waals surface area contributed by atoms with Gasteiger partial charge < -0.3 is 30.7 Å². The van der Waals surface area contributed by atoms with Gasteiger partial charge in [-0.15, -0.1) is 0 Å². The third-order valence-corrected chi connectivity index (χ3v) is 6.25. The molecule has 12 nitrogen and oxygen atoms in total. The average Bonchev–Trinajstić information content (AvgIpc) is 3.37. The zero-order chi connectivity index (χ0) is 28.7. The lowest BCUT2D eigenvalue weighted by atomic mass is 10.1. The van der Waals surface area contributed by atoms with E-state index in [9.17, 15) is 23.2 Å². The van der Waals surface area contributed by atoms with Gasteiger partial charge in [0.25, 0.3) is 5.91 Å². The summed E-state index contributed by atoms with van der Waals surface area (Å²) in [7, 11) is 0. The van der Waals surface area contributed by atoms with Crippen molar-refractivity contribution in [2.45, 2.75) is 25.1 Å². The second-order valence-electron chi connectivity index (χ2n) is 9.02. The number of nitrogens with one attached hydrogen (secondary N) is 3. The number of morpholine rings is 1. The van der Waals surface area contributed by atoms with Gasteiger partial charge in [-0.3, -0.25) is 4.79 Å². The number of carbonyl (C=O) groups excluding carboxylic acids is 1. The Balaban J connectivity index is 0.000000470. The van der Waals surface area contributed by atoms with E-state index < -0.39 is 12.1 Å². The summed E-state index contributed by atoms with van der Waals surface area (Å²) in [6.45, 7) is 4.80. The molecule has 0 saturated carbocycles. The number of carboxylic acid groups (broad SMARTS) is 1. The van der Waals surface area contributed by atoms with Crippen LogP contribution >= 0.6 is 0 Å². The number of fused-ring (bicyclic) bond motifs is 1. The van der Waals surface area contributed by atoms with E-state index >= 15 is 0 Å². The Morgan fingerprint density at radius 3 is 2.62 bits per heavy atom. The van der Waals surface area contributed by atoms with Crippen molar-refractivity contribution >= 4 is 34.7 Å². The highest BCUT2D eigenvalue weighted by molar-refractivity contribution is 6.08. The molecular formula is C25H27F3N8O4. The Kier molecular flexibility index (Phi) is 9.02. The lowest BCUT2D eigenvalue weighted by Crippen LogP contribution is -2.38. The van der Waals surface area contributed by atoms with Crippen LogP contribution in [0.2, 0.25) is 0 Å². The maximum absolute atomic E-state index is 13.1. The molecule has 212 valence electrons. The Morgan fingerprint density at radius 2 is 1.98 bits per heavy atom. The molecule has 4 heterocycles. The minimum Gasteiger partial charge on any atom is -0.475 e. The normalized spacial score (nSPS) is 17.4. The molecule has 2 fully saturated rings. The van der Waals surface area contributed by atoms with E-state index in [0.29, 0.717) is 47.5 Å². The Morgan fingerprint density at radius 1 is 1.23 bits per heavy atom. The standard InChI is InChI=1S/C23H26N8O2.C2HF3O2/c24-13-16-12-18(30-8-10-33-11-9-30)3-4-20(16)28-23(32)19-15-26-31-7-5-21(29-22(19)31)27-17-2-1-6-25-14-17;3-2(4,5)1(6)7/h3-5,7,12,15,17,25H,1-2,6,8-11,14H2,(H,27,29)(H,28,32);(H,6,7)/t17-;/m1./s1. The molecular weight excluding hydrogens is 533 g/mol. The van der Waals surface area contributed by atoms with Crippen molar-refractivity contribution in [1.29, 1.82) is 5.26 Å². The van der Waals surface area contributed by atoms with Crippen molar-refractivity contribution in [3.8, 4) is 6.07 Å². The van der Waals surface area contributed by atoms with Crippen molar-refractivity contribution in [2.75, 3.05) is 54.9 Å². The Labute approximate surface area is 226 Å². The number of carboxylic acids is 1. The predicted molar refractivity (Wildman–Crippen MR) is 138 cm³/mol. The molecule has 2 aliphatic rings. The number of amides is 1. The highest BCUT2D eigenvalue weighted by atomic mass is 19.4. The van der Waals surface area contributed by atoms with E-state index in [-0.39, 0.29) is 5.91 Å². The molecule has 0 radical (unpaired) electrons. The van der Waals surface area contributed by atoms with E-state index in [0.717, 1.165) is 44.7 Å². The van der Waals surface area contributed by atoms with Gasteiger partial charge in [0.2, 0.25) is 0 Å². The molecule has 0 bridgehead atoms. The van der Waals surface area contributed by atoms with Crippen LogP contribution in [0.3, 0.4) is 0 Å². The Hall–Kier alpha value is -4.42. The number of carbonyl (C=O) groups is 2. The highest BCUT2D eigenvalue weighted by Gasteiger charge is 2.38.